The van der Waals surface area contributed by atoms with Gasteiger partial charge < -0.3 is 4.90 Å². The minimum absolute atomic E-state index is 0.138. The zero-order valence-corrected chi connectivity index (χ0v) is 15.6. The van der Waals surface area contributed by atoms with Crippen molar-refractivity contribution >= 4 is 5.91 Å². The summed E-state index contributed by atoms with van der Waals surface area (Å²) in [7, 11) is 0. The number of H-pyrrole nitrogens is 1. The Morgan fingerprint density at radius 3 is 2.65 bits per heavy atom. The number of carbonyl (C=O) groups is 1. The minimum Gasteiger partial charge on any atom is -0.337 e. The summed E-state index contributed by atoms with van der Waals surface area (Å²) in [5.41, 5.74) is 4.73. The quantitative estimate of drug-likeness (QED) is 0.920. The molecule has 26 heavy (non-hydrogen) atoms. The van der Waals surface area contributed by atoms with E-state index in [0.29, 0.717) is 6.04 Å². The van der Waals surface area contributed by atoms with Crippen molar-refractivity contribution in [3.05, 3.63) is 52.8 Å². The van der Waals surface area contributed by atoms with Gasteiger partial charge in [0.25, 0.3) is 5.91 Å². The Bertz CT molecular complexity index is 744. The number of aromatic nitrogens is 2. The highest BCUT2D eigenvalue weighted by Crippen LogP contribution is 2.26. The lowest BCUT2D eigenvalue weighted by atomic mass is 10.1. The standard InChI is InChI=1S/C21H28N4O/c1-2-6-20-19(15-22-23-20)21(26)25-10-5-9-24(11-12-25)18-13-16-7-3-4-8-17(16)14-18/h3-4,7-8,15,18H,2,5-6,9-14H2,1H3,(H,22,23). The summed E-state index contributed by atoms with van der Waals surface area (Å²) in [5, 5.41) is 7.10. The van der Waals surface area contributed by atoms with Gasteiger partial charge in [0, 0.05) is 37.9 Å². The van der Waals surface area contributed by atoms with E-state index in [4.69, 9.17) is 0 Å². The zero-order valence-electron chi connectivity index (χ0n) is 15.6. The predicted molar refractivity (Wildman–Crippen MR) is 102 cm³/mol. The molecule has 1 aromatic carbocycles. The van der Waals surface area contributed by atoms with Crippen LogP contribution in [0.5, 0.6) is 0 Å². The average Bonchev–Trinajstić information content (AvgIpc) is 3.22. The molecule has 1 N–H and O–H groups in total. The van der Waals surface area contributed by atoms with Crippen LogP contribution >= 0.6 is 0 Å². The Balaban J connectivity index is 1.39. The molecule has 1 amide bonds. The highest BCUT2D eigenvalue weighted by Gasteiger charge is 2.29. The van der Waals surface area contributed by atoms with Crippen LogP contribution in [0.15, 0.2) is 30.5 Å². The van der Waals surface area contributed by atoms with Gasteiger partial charge in [0.2, 0.25) is 0 Å². The molecule has 0 spiro atoms. The molecule has 5 nitrogen and oxygen atoms in total. The number of nitrogens with zero attached hydrogens (tertiary/aromatic N) is 3. The van der Waals surface area contributed by atoms with Crippen LogP contribution in [0, 0.1) is 0 Å². The van der Waals surface area contributed by atoms with Crippen molar-refractivity contribution in [3.63, 3.8) is 0 Å². The third kappa shape index (κ3) is 3.40. The number of amides is 1. The van der Waals surface area contributed by atoms with Crippen molar-refractivity contribution in [2.45, 2.75) is 45.1 Å². The van der Waals surface area contributed by atoms with Gasteiger partial charge in [0.05, 0.1) is 11.8 Å². The highest BCUT2D eigenvalue weighted by atomic mass is 16.2. The summed E-state index contributed by atoms with van der Waals surface area (Å²) < 4.78 is 0. The first kappa shape index (κ1) is 17.3. The monoisotopic (exact) mass is 352 g/mol. The van der Waals surface area contributed by atoms with Crippen LogP contribution in [0.4, 0.5) is 0 Å². The predicted octanol–water partition coefficient (Wildman–Crippen LogP) is 2.68. The molecule has 0 atom stereocenters. The lowest BCUT2D eigenvalue weighted by Crippen LogP contribution is -2.40. The van der Waals surface area contributed by atoms with Crippen molar-refractivity contribution in [1.29, 1.82) is 0 Å². The largest absolute Gasteiger partial charge is 0.337 e. The first-order chi connectivity index (χ1) is 12.8. The molecule has 1 fully saturated rings. The van der Waals surface area contributed by atoms with Crippen molar-refractivity contribution < 1.29 is 4.79 Å². The zero-order chi connectivity index (χ0) is 17.9. The maximum atomic E-state index is 13.0. The Morgan fingerprint density at radius 1 is 1.15 bits per heavy atom. The van der Waals surface area contributed by atoms with E-state index in [1.807, 2.05) is 4.90 Å². The summed E-state index contributed by atoms with van der Waals surface area (Å²) in [4.78, 5) is 17.6. The molecule has 0 radical (unpaired) electrons. The van der Waals surface area contributed by atoms with Crippen molar-refractivity contribution in [2.24, 2.45) is 0 Å². The van der Waals surface area contributed by atoms with E-state index in [-0.39, 0.29) is 5.91 Å². The Hall–Kier alpha value is -2.14. The topological polar surface area (TPSA) is 52.2 Å². The normalized spacial score (nSPS) is 18.7. The summed E-state index contributed by atoms with van der Waals surface area (Å²) in [6.07, 6.45) is 6.92. The number of hydrogen-bond acceptors (Lipinski definition) is 3. The van der Waals surface area contributed by atoms with Crippen LogP contribution in [0.2, 0.25) is 0 Å². The molecule has 1 aliphatic heterocycles. The van der Waals surface area contributed by atoms with Gasteiger partial charge in [-0.1, -0.05) is 37.6 Å². The SMILES string of the molecule is CCCc1[nH]ncc1C(=O)N1CCCN(C2Cc3ccccc3C2)CC1. The lowest BCUT2D eigenvalue weighted by molar-refractivity contribution is 0.0757. The van der Waals surface area contributed by atoms with Gasteiger partial charge in [-0.2, -0.15) is 5.10 Å². The van der Waals surface area contributed by atoms with E-state index in [1.165, 1.54) is 11.1 Å². The van der Waals surface area contributed by atoms with Crippen LogP contribution in [0.25, 0.3) is 0 Å². The van der Waals surface area contributed by atoms with Gasteiger partial charge in [0.1, 0.15) is 0 Å². The van der Waals surface area contributed by atoms with Gasteiger partial charge in [-0.15, -0.1) is 0 Å². The fraction of sp³-hybridized carbons (Fsp3) is 0.524. The van der Waals surface area contributed by atoms with Gasteiger partial charge >= 0.3 is 0 Å². The van der Waals surface area contributed by atoms with Gasteiger partial charge in [-0.05, 0) is 36.8 Å². The van der Waals surface area contributed by atoms with Crippen molar-refractivity contribution in [1.82, 2.24) is 20.0 Å². The molecule has 4 rings (SSSR count). The molecular formula is C21H28N4O. The Kier molecular flexibility index (Phi) is 5.07. The summed E-state index contributed by atoms with van der Waals surface area (Å²) in [6.45, 7) is 5.81. The number of aryl methyl sites for hydroxylation is 1. The van der Waals surface area contributed by atoms with Crippen molar-refractivity contribution in [3.8, 4) is 0 Å². The fourth-order valence-corrected chi connectivity index (χ4v) is 4.41. The molecular weight excluding hydrogens is 324 g/mol. The molecule has 0 unspecified atom stereocenters. The van der Waals surface area contributed by atoms with Crippen LogP contribution in [-0.2, 0) is 19.3 Å². The first-order valence-corrected chi connectivity index (χ1v) is 9.88. The van der Waals surface area contributed by atoms with Gasteiger partial charge in [-0.25, -0.2) is 0 Å². The lowest BCUT2D eigenvalue weighted by Gasteiger charge is -2.27. The molecule has 0 saturated carbocycles. The molecule has 2 heterocycles. The molecule has 138 valence electrons. The first-order valence-electron chi connectivity index (χ1n) is 9.88. The third-order valence-corrected chi connectivity index (χ3v) is 5.81. The van der Waals surface area contributed by atoms with E-state index in [1.54, 1.807) is 6.20 Å². The van der Waals surface area contributed by atoms with Crippen LogP contribution in [0.3, 0.4) is 0 Å². The Labute approximate surface area is 155 Å². The average molecular weight is 352 g/mol. The summed E-state index contributed by atoms with van der Waals surface area (Å²) in [6, 6.07) is 9.40. The third-order valence-electron chi connectivity index (χ3n) is 5.81. The van der Waals surface area contributed by atoms with E-state index in [2.05, 4.69) is 46.3 Å². The number of hydrogen-bond donors (Lipinski definition) is 1. The molecule has 2 aromatic rings. The fourth-order valence-electron chi connectivity index (χ4n) is 4.41. The smallest absolute Gasteiger partial charge is 0.257 e. The van der Waals surface area contributed by atoms with Gasteiger partial charge in [0.15, 0.2) is 0 Å². The minimum atomic E-state index is 0.138. The number of carbonyl (C=O) groups excluding carboxylic acids is 1. The molecule has 0 bridgehead atoms. The van der Waals surface area contributed by atoms with Gasteiger partial charge in [-0.3, -0.25) is 14.8 Å². The molecule has 1 aliphatic carbocycles. The molecule has 1 aromatic heterocycles. The second kappa shape index (κ2) is 7.62. The number of rotatable bonds is 4. The number of benzene rings is 1. The van der Waals surface area contributed by atoms with E-state index < -0.39 is 0 Å². The van der Waals surface area contributed by atoms with Crippen LogP contribution < -0.4 is 0 Å². The number of nitrogens with one attached hydrogen (secondary N) is 1. The molecule has 5 heteroatoms. The maximum Gasteiger partial charge on any atom is 0.257 e. The van der Waals surface area contributed by atoms with E-state index in [0.717, 1.165) is 69.5 Å². The molecule has 1 saturated heterocycles. The summed E-state index contributed by atoms with van der Waals surface area (Å²) in [5.74, 6) is 0.138. The number of fused-ring (bicyclic) bond motifs is 1. The second-order valence-electron chi connectivity index (χ2n) is 7.52. The maximum absolute atomic E-state index is 13.0. The van der Waals surface area contributed by atoms with E-state index in [9.17, 15) is 4.79 Å². The highest BCUT2D eigenvalue weighted by molar-refractivity contribution is 5.95. The summed E-state index contributed by atoms with van der Waals surface area (Å²) >= 11 is 0. The second-order valence-corrected chi connectivity index (χ2v) is 7.52. The van der Waals surface area contributed by atoms with Crippen molar-refractivity contribution in [2.75, 3.05) is 26.2 Å². The van der Waals surface area contributed by atoms with Crippen LogP contribution in [0.1, 0.15) is 46.9 Å². The molecule has 2 aliphatic rings. The number of aromatic amines is 1. The Morgan fingerprint density at radius 2 is 1.92 bits per heavy atom. The van der Waals surface area contributed by atoms with Crippen LogP contribution in [-0.4, -0.2) is 58.1 Å². The van der Waals surface area contributed by atoms with E-state index >= 15 is 0 Å².